The number of hydrogen-bond donors (Lipinski definition) is 0. The van der Waals surface area contributed by atoms with Gasteiger partial charge in [-0.1, -0.05) is 65.3 Å². The van der Waals surface area contributed by atoms with E-state index in [4.69, 9.17) is 4.99 Å². The summed E-state index contributed by atoms with van der Waals surface area (Å²) in [7, 11) is 0. The van der Waals surface area contributed by atoms with Gasteiger partial charge in [-0.25, -0.2) is 4.99 Å². The number of halogens is 1. The van der Waals surface area contributed by atoms with Crippen molar-refractivity contribution in [1.29, 1.82) is 0 Å². The van der Waals surface area contributed by atoms with Crippen molar-refractivity contribution in [3.63, 3.8) is 0 Å². The Balaban J connectivity index is 2.10. The molecule has 1 nitrogen and oxygen atoms in total. The molecule has 2 aromatic rings. The van der Waals surface area contributed by atoms with Crippen LogP contribution in [0.1, 0.15) is 19.4 Å². The Hall–Kier alpha value is -0.970. The summed E-state index contributed by atoms with van der Waals surface area (Å²) >= 11 is 7.02. The number of rotatable bonds is 6. The Morgan fingerprint density at radius 3 is 2.58 bits per heavy atom. The van der Waals surface area contributed by atoms with E-state index in [1.165, 1.54) is 10.5 Å². The fourth-order valence-corrected chi connectivity index (χ4v) is 4.01. The second-order valence-electron chi connectivity index (χ2n) is 5.87. The number of hydrogen-bond acceptors (Lipinski definition) is 3. The van der Waals surface area contributed by atoms with Crippen LogP contribution in [0.5, 0.6) is 0 Å². The number of nitrogens with zero attached hydrogens (tertiary/aromatic N) is 1. The molecule has 0 saturated heterocycles. The van der Waals surface area contributed by atoms with Gasteiger partial charge in [-0.3, -0.25) is 0 Å². The highest BCUT2D eigenvalue weighted by Crippen LogP contribution is 2.24. The first kappa shape index (κ1) is 19.4. The van der Waals surface area contributed by atoms with Gasteiger partial charge in [0.15, 0.2) is 0 Å². The SMILES string of the molecule is Cc1ccc(N=C(C=CSc2cccc(Br)c2)SCC(C)C)cc1. The molecule has 0 saturated carbocycles. The third-order valence-electron chi connectivity index (χ3n) is 3.05. The average molecular weight is 420 g/mol. The molecule has 0 aliphatic carbocycles. The zero-order chi connectivity index (χ0) is 17.4. The van der Waals surface area contributed by atoms with Gasteiger partial charge in [0.2, 0.25) is 0 Å². The van der Waals surface area contributed by atoms with Crippen LogP contribution in [0.3, 0.4) is 0 Å². The minimum atomic E-state index is 0.643. The molecule has 0 radical (unpaired) electrons. The van der Waals surface area contributed by atoms with Gasteiger partial charge in [-0.2, -0.15) is 0 Å². The maximum absolute atomic E-state index is 4.79. The van der Waals surface area contributed by atoms with E-state index in [1.54, 1.807) is 11.8 Å². The van der Waals surface area contributed by atoms with Crippen molar-refractivity contribution in [2.45, 2.75) is 25.7 Å². The van der Waals surface area contributed by atoms with E-state index in [9.17, 15) is 0 Å². The van der Waals surface area contributed by atoms with Crippen molar-refractivity contribution in [3.8, 4) is 0 Å². The lowest BCUT2D eigenvalue weighted by Crippen LogP contribution is -1.95. The molecule has 4 heteroatoms. The molecule has 0 N–H and O–H groups in total. The molecule has 0 aromatic heterocycles. The predicted molar refractivity (Wildman–Crippen MR) is 115 cm³/mol. The number of thioether (sulfide) groups is 2. The van der Waals surface area contributed by atoms with Gasteiger partial charge < -0.3 is 0 Å². The first-order chi connectivity index (χ1) is 11.5. The maximum Gasteiger partial charge on any atom is 0.0972 e. The van der Waals surface area contributed by atoms with E-state index in [2.05, 4.69) is 90.6 Å². The van der Waals surface area contributed by atoms with Crippen molar-refractivity contribution in [2.24, 2.45) is 10.9 Å². The van der Waals surface area contributed by atoms with E-state index in [0.717, 1.165) is 21.0 Å². The molecule has 0 heterocycles. The van der Waals surface area contributed by atoms with Crippen molar-refractivity contribution in [3.05, 3.63) is 70.1 Å². The first-order valence-electron chi connectivity index (χ1n) is 7.90. The lowest BCUT2D eigenvalue weighted by Gasteiger charge is -2.05. The van der Waals surface area contributed by atoms with Gasteiger partial charge in [0.05, 0.1) is 10.7 Å². The molecule has 126 valence electrons. The Morgan fingerprint density at radius 1 is 1.17 bits per heavy atom. The van der Waals surface area contributed by atoms with Crippen LogP contribution in [0.4, 0.5) is 5.69 Å². The molecule has 0 aliphatic heterocycles. The molecule has 0 fully saturated rings. The molecular formula is C20H22BrNS2. The average Bonchev–Trinajstić information content (AvgIpc) is 2.54. The second kappa shape index (κ2) is 10.1. The summed E-state index contributed by atoms with van der Waals surface area (Å²) in [5, 5.41) is 3.16. The number of aryl methyl sites for hydroxylation is 1. The van der Waals surface area contributed by atoms with Crippen LogP contribution in [0.15, 0.2) is 74.4 Å². The smallest absolute Gasteiger partial charge is 0.0972 e. The van der Waals surface area contributed by atoms with Crippen LogP contribution in [-0.4, -0.2) is 10.8 Å². The molecule has 0 atom stereocenters. The summed E-state index contributed by atoms with van der Waals surface area (Å²) in [6.07, 6.45) is 2.11. The normalized spacial score (nSPS) is 12.3. The lowest BCUT2D eigenvalue weighted by atomic mass is 10.2. The Kier molecular flexibility index (Phi) is 8.16. The van der Waals surface area contributed by atoms with E-state index < -0.39 is 0 Å². The van der Waals surface area contributed by atoms with Gasteiger partial charge in [0, 0.05) is 15.1 Å². The van der Waals surface area contributed by atoms with Gasteiger partial charge in [0.25, 0.3) is 0 Å². The van der Waals surface area contributed by atoms with E-state index in [-0.39, 0.29) is 0 Å². The van der Waals surface area contributed by atoms with Gasteiger partial charge >= 0.3 is 0 Å². The largest absolute Gasteiger partial charge is 0.242 e. The van der Waals surface area contributed by atoms with Crippen LogP contribution < -0.4 is 0 Å². The van der Waals surface area contributed by atoms with Gasteiger partial charge in [-0.05, 0) is 54.7 Å². The highest BCUT2D eigenvalue weighted by molar-refractivity contribution is 9.10. The third-order valence-corrected chi connectivity index (χ3v) is 5.70. The fraction of sp³-hybridized carbons (Fsp3) is 0.250. The maximum atomic E-state index is 4.79. The van der Waals surface area contributed by atoms with Gasteiger partial charge in [-0.15, -0.1) is 11.8 Å². The molecule has 24 heavy (non-hydrogen) atoms. The molecule has 2 rings (SSSR count). The Bertz CT molecular complexity index is 706. The predicted octanol–water partition coefficient (Wildman–Crippen LogP) is 7.48. The molecule has 0 aliphatic rings. The summed E-state index contributed by atoms with van der Waals surface area (Å²) in [5.41, 5.74) is 2.26. The topological polar surface area (TPSA) is 12.4 Å². The monoisotopic (exact) mass is 419 g/mol. The zero-order valence-electron chi connectivity index (χ0n) is 14.2. The third kappa shape index (κ3) is 7.29. The Morgan fingerprint density at radius 2 is 1.92 bits per heavy atom. The summed E-state index contributed by atoms with van der Waals surface area (Å²) < 4.78 is 1.10. The summed E-state index contributed by atoms with van der Waals surface area (Å²) in [4.78, 5) is 6.00. The molecular weight excluding hydrogens is 398 g/mol. The molecule has 0 bridgehead atoms. The molecule has 2 aromatic carbocycles. The van der Waals surface area contributed by atoms with Crippen LogP contribution in [0, 0.1) is 12.8 Å². The fourth-order valence-electron chi connectivity index (χ4n) is 1.83. The summed E-state index contributed by atoms with van der Waals surface area (Å²) in [5.74, 6) is 1.71. The van der Waals surface area contributed by atoms with Crippen LogP contribution in [0.2, 0.25) is 0 Å². The summed E-state index contributed by atoms with van der Waals surface area (Å²) in [6.45, 7) is 6.56. The standard InChI is InChI=1S/C20H22BrNS2/c1-15(2)14-24-20(22-18-9-7-16(3)8-10-18)11-12-23-19-6-4-5-17(21)13-19/h4-13,15H,14H2,1-3H3. The van der Waals surface area contributed by atoms with Crippen molar-refractivity contribution >= 4 is 50.2 Å². The lowest BCUT2D eigenvalue weighted by molar-refractivity contribution is 0.752. The number of aliphatic imine (C=N–C) groups is 1. The van der Waals surface area contributed by atoms with Crippen LogP contribution in [0.25, 0.3) is 0 Å². The van der Waals surface area contributed by atoms with Crippen molar-refractivity contribution < 1.29 is 0 Å². The molecule has 0 spiro atoms. The first-order valence-corrected chi connectivity index (χ1v) is 10.6. The van der Waals surface area contributed by atoms with Gasteiger partial charge in [0.1, 0.15) is 0 Å². The van der Waals surface area contributed by atoms with E-state index in [0.29, 0.717) is 5.92 Å². The molecule has 0 amide bonds. The Labute approximate surface area is 162 Å². The van der Waals surface area contributed by atoms with Crippen LogP contribution in [-0.2, 0) is 0 Å². The highest BCUT2D eigenvalue weighted by Gasteiger charge is 2.01. The summed E-state index contributed by atoms with van der Waals surface area (Å²) in [6, 6.07) is 16.7. The molecule has 0 unspecified atom stereocenters. The quantitative estimate of drug-likeness (QED) is 0.273. The van der Waals surface area contributed by atoms with Crippen LogP contribution >= 0.6 is 39.5 Å². The van der Waals surface area contributed by atoms with E-state index >= 15 is 0 Å². The second-order valence-corrected chi connectivity index (χ2v) is 8.80. The van der Waals surface area contributed by atoms with Crippen molar-refractivity contribution in [2.75, 3.05) is 5.75 Å². The zero-order valence-corrected chi connectivity index (χ0v) is 17.4. The number of benzene rings is 2. The van der Waals surface area contributed by atoms with E-state index in [1.807, 2.05) is 17.8 Å². The minimum absolute atomic E-state index is 0.643. The van der Waals surface area contributed by atoms with Crippen molar-refractivity contribution in [1.82, 2.24) is 0 Å². The highest BCUT2D eigenvalue weighted by atomic mass is 79.9. The minimum Gasteiger partial charge on any atom is -0.242 e.